The SMILES string of the molecule is Cc1ccn(-c2ccc(F)c(-c3ccnc([C@H]4CC[C@@]5(CCN(C)C5=O)N4)c3)c2)n1. The zero-order valence-corrected chi connectivity index (χ0v) is 17.1. The van der Waals surface area contributed by atoms with E-state index in [0.717, 1.165) is 48.4 Å². The molecule has 1 aromatic carbocycles. The maximum absolute atomic E-state index is 14.7. The molecule has 1 amide bonds. The van der Waals surface area contributed by atoms with Crippen LogP contribution in [-0.2, 0) is 4.79 Å². The van der Waals surface area contributed by atoms with Gasteiger partial charge in [-0.05, 0) is 68.1 Å². The molecule has 0 unspecified atom stereocenters. The van der Waals surface area contributed by atoms with E-state index < -0.39 is 5.54 Å². The molecule has 154 valence electrons. The number of likely N-dealkylation sites (N-methyl/N-ethyl adjacent to an activating group) is 1. The summed E-state index contributed by atoms with van der Waals surface area (Å²) in [5, 5.41) is 7.95. The molecule has 1 N–H and O–H groups in total. The normalized spacial score (nSPS) is 23.6. The van der Waals surface area contributed by atoms with Crippen LogP contribution in [0.3, 0.4) is 0 Å². The highest BCUT2D eigenvalue weighted by Gasteiger charge is 2.50. The highest BCUT2D eigenvalue weighted by atomic mass is 19.1. The van der Waals surface area contributed by atoms with E-state index in [4.69, 9.17) is 0 Å². The summed E-state index contributed by atoms with van der Waals surface area (Å²) >= 11 is 0. The number of aromatic nitrogens is 3. The molecule has 30 heavy (non-hydrogen) atoms. The third kappa shape index (κ3) is 3.10. The largest absolute Gasteiger partial charge is 0.344 e. The van der Waals surface area contributed by atoms with E-state index in [1.165, 1.54) is 6.07 Å². The lowest BCUT2D eigenvalue weighted by Gasteiger charge is -2.23. The van der Waals surface area contributed by atoms with E-state index >= 15 is 0 Å². The van der Waals surface area contributed by atoms with Crippen LogP contribution in [0, 0.1) is 12.7 Å². The number of likely N-dealkylation sites (tertiary alicyclic amines) is 1. The molecule has 2 fully saturated rings. The van der Waals surface area contributed by atoms with Crippen molar-refractivity contribution >= 4 is 5.91 Å². The molecule has 0 aliphatic carbocycles. The number of rotatable bonds is 3. The zero-order valence-electron chi connectivity index (χ0n) is 17.1. The van der Waals surface area contributed by atoms with Crippen LogP contribution in [0.25, 0.3) is 16.8 Å². The number of pyridine rings is 1. The molecule has 2 aromatic heterocycles. The van der Waals surface area contributed by atoms with E-state index in [0.29, 0.717) is 5.56 Å². The number of hydrogen-bond donors (Lipinski definition) is 1. The number of carbonyl (C=O) groups is 1. The Morgan fingerprint density at radius 1 is 1.20 bits per heavy atom. The third-order valence-corrected chi connectivity index (χ3v) is 6.33. The van der Waals surface area contributed by atoms with Crippen molar-refractivity contribution in [1.29, 1.82) is 0 Å². The molecular weight excluding hydrogens is 381 g/mol. The molecule has 2 atom stereocenters. The molecule has 1 spiro atoms. The lowest BCUT2D eigenvalue weighted by Crippen LogP contribution is -2.47. The Bertz CT molecular complexity index is 1130. The Balaban J connectivity index is 1.45. The highest BCUT2D eigenvalue weighted by Crippen LogP contribution is 2.39. The van der Waals surface area contributed by atoms with Crippen molar-refractivity contribution < 1.29 is 9.18 Å². The molecule has 2 aliphatic heterocycles. The molecule has 6 nitrogen and oxygen atoms in total. The summed E-state index contributed by atoms with van der Waals surface area (Å²) < 4.78 is 16.4. The zero-order chi connectivity index (χ0) is 20.9. The molecular formula is C23H24FN5O. The van der Waals surface area contributed by atoms with Crippen LogP contribution in [-0.4, -0.2) is 44.7 Å². The van der Waals surface area contributed by atoms with Gasteiger partial charge in [0.1, 0.15) is 11.4 Å². The van der Waals surface area contributed by atoms with Gasteiger partial charge in [-0.25, -0.2) is 9.07 Å². The molecule has 0 bridgehead atoms. The number of hydrogen-bond acceptors (Lipinski definition) is 4. The van der Waals surface area contributed by atoms with Crippen LogP contribution in [0.15, 0.2) is 48.8 Å². The fraction of sp³-hybridized carbons (Fsp3) is 0.348. The number of benzene rings is 1. The Kier molecular flexibility index (Phi) is 4.43. The summed E-state index contributed by atoms with van der Waals surface area (Å²) in [6, 6.07) is 10.6. The van der Waals surface area contributed by atoms with Crippen LogP contribution in [0.1, 0.15) is 36.7 Å². The van der Waals surface area contributed by atoms with Gasteiger partial charge in [-0.3, -0.25) is 15.1 Å². The lowest BCUT2D eigenvalue weighted by atomic mass is 9.96. The van der Waals surface area contributed by atoms with Gasteiger partial charge < -0.3 is 4.90 Å². The number of halogens is 1. The summed E-state index contributed by atoms with van der Waals surface area (Å²) in [7, 11) is 1.85. The van der Waals surface area contributed by atoms with Gasteiger partial charge in [0.2, 0.25) is 5.91 Å². The standard InChI is InChI=1S/C23H24FN5O/c1-15-7-11-29(27-15)17-3-4-19(24)18(14-17)16-6-10-25-21(13-16)20-5-8-23(26-20)9-12-28(2)22(23)30/h3-4,6-7,10-11,13-14,20,26H,5,8-9,12H2,1-2H3/t20-,23+/m1/s1. The van der Waals surface area contributed by atoms with E-state index in [-0.39, 0.29) is 17.8 Å². The first kappa shape index (κ1) is 18.9. The molecule has 2 saturated heterocycles. The van der Waals surface area contributed by atoms with Gasteiger partial charge in [-0.1, -0.05) is 0 Å². The van der Waals surface area contributed by atoms with E-state index in [2.05, 4.69) is 15.4 Å². The summed E-state index contributed by atoms with van der Waals surface area (Å²) in [5.74, 6) is -0.127. The van der Waals surface area contributed by atoms with Crippen LogP contribution < -0.4 is 5.32 Å². The molecule has 0 saturated carbocycles. The number of nitrogens with zero attached hydrogens (tertiary/aromatic N) is 4. The molecule has 5 rings (SSSR count). The van der Waals surface area contributed by atoms with Crippen LogP contribution >= 0.6 is 0 Å². The average Bonchev–Trinajstić information content (AvgIpc) is 3.45. The summed E-state index contributed by atoms with van der Waals surface area (Å²) in [4.78, 5) is 18.9. The van der Waals surface area contributed by atoms with Gasteiger partial charge in [0, 0.05) is 31.5 Å². The monoisotopic (exact) mass is 405 g/mol. The molecule has 7 heteroatoms. The Hall–Kier alpha value is -3.06. The second-order valence-electron chi connectivity index (χ2n) is 8.33. The first-order valence-corrected chi connectivity index (χ1v) is 10.3. The maximum Gasteiger partial charge on any atom is 0.242 e. The molecule has 4 heterocycles. The maximum atomic E-state index is 14.7. The number of amides is 1. The molecule has 0 radical (unpaired) electrons. The number of aryl methyl sites for hydroxylation is 1. The van der Waals surface area contributed by atoms with Crippen molar-refractivity contribution in [2.45, 2.75) is 37.8 Å². The minimum Gasteiger partial charge on any atom is -0.344 e. The van der Waals surface area contributed by atoms with Crippen LogP contribution in [0.2, 0.25) is 0 Å². The predicted octanol–water partition coefficient (Wildman–Crippen LogP) is 3.41. The van der Waals surface area contributed by atoms with E-state index in [1.54, 1.807) is 27.9 Å². The van der Waals surface area contributed by atoms with Gasteiger partial charge in [0.25, 0.3) is 0 Å². The number of carbonyl (C=O) groups excluding carboxylic acids is 1. The average molecular weight is 405 g/mol. The van der Waals surface area contributed by atoms with Crippen LogP contribution in [0.5, 0.6) is 0 Å². The van der Waals surface area contributed by atoms with E-state index in [1.807, 2.05) is 38.4 Å². The quantitative estimate of drug-likeness (QED) is 0.725. The van der Waals surface area contributed by atoms with Crippen molar-refractivity contribution in [1.82, 2.24) is 25.0 Å². The first-order valence-electron chi connectivity index (χ1n) is 10.3. The number of nitrogens with one attached hydrogen (secondary N) is 1. The van der Waals surface area contributed by atoms with Gasteiger partial charge >= 0.3 is 0 Å². The van der Waals surface area contributed by atoms with Gasteiger partial charge in [0.15, 0.2) is 0 Å². The highest BCUT2D eigenvalue weighted by molar-refractivity contribution is 5.88. The Morgan fingerprint density at radius 3 is 2.80 bits per heavy atom. The minimum absolute atomic E-state index is 0.0135. The fourth-order valence-electron chi connectivity index (χ4n) is 4.63. The second-order valence-corrected chi connectivity index (χ2v) is 8.33. The molecule has 2 aliphatic rings. The minimum atomic E-state index is -0.472. The lowest BCUT2D eigenvalue weighted by molar-refractivity contribution is -0.131. The van der Waals surface area contributed by atoms with Crippen molar-refractivity contribution in [2.75, 3.05) is 13.6 Å². The predicted molar refractivity (Wildman–Crippen MR) is 112 cm³/mol. The van der Waals surface area contributed by atoms with Crippen molar-refractivity contribution in [3.05, 3.63) is 66.0 Å². The first-order chi connectivity index (χ1) is 14.4. The molecule has 3 aromatic rings. The van der Waals surface area contributed by atoms with E-state index in [9.17, 15) is 9.18 Å². The van der Waals surface area contributed by atoms with Crippen LogP contribution in [0.4, 0.5) is 4.39 Å². The fourth-order valence-corrected chi connectivity index (χ4v) is 4.63. The topological polar surface area (TPSA) is 63.1 Å². The summed E-state index contributed by atoms with van der Waals surface area (Å²) in [6.45, 7) is 2.70. The van der Waals surface area contributed by atoms with Crippen molar-refractivity contribution in [2.24, 2.45) is 0 Å². The van der Waals surface area contributed by atoms with Gasteiger partial charge in [0.05, 0.1) is 23.1 Å². The van der Waals surface area contributed by atoms with Gasteiger partial charge in [-0.2, -0.15) is 5.10 Å². The summed E-state index contributed by atoms with van der Waals surface area (Å²) in [5.41, 5.74) is 3.34. The second kappa shape index (κ2) is 7.02. The Morgan fingerprint density at radius 2 is 2.07 bits per heavy atom. The Labute approximate surface area is 174 Å². The third-order valence-electron chi connectivity index (χ3n) is 6.33. The van der Waals surface area contributed by atoms with Crippen molar-refractivity contribution in [3.63, 3.8) is 0 Å². The van der Waals surface area contributed by atoms with Crippen molar-refractivity contribution in [3.8, 4) is 16.8 Å². The smallest absolute Gasteiger partial charge is 0.242 e. The summed E-state index contributed by atoms with van der Waals surface area (Å²) in [6.07, 6.45) is 6.03. The van der Waals surface area contributed by atoms with Gasteiger partial charge in [-0.15, -0.1) is 0 Å².